The Morgan fingerprint density at radius 2 is 1.50 bits per heavy atom. The first-order valence-corrected chi connectivity index (χ1v) is 10.2. The van der Waals surface area contributed by atoms with Crippen LogP contribution in [0.15, 0.2) is 30.3 Å². The van der Waals surface area contributed by atoms with Crippen LogP contribution in [0.25, 0.3) is 0 Å². The molecule has 0 spiro atoms. The van der Waals surface area contributed by atoms with Crippen molar-refractivity contribution in [1.82, 2.24) is 0 Å². The molecule has 0 saturated heterocycles. The van der Waals surface area contributed by atoms with Gasteiger partial charge in [-0.1, -0.05) is 18.2 Å². The molecule has 0 unspecified atom stereocenters. The van der Waals surface area contributed by atoms with Gasteiger partial charge in [-0.2, -0.15) is 0 Å². The first kappa shape index (κ1) is 14.0. The fourth-order valence-corrected chi connectivity index (χ4v) is 0.428. The van der Waals surface area contributed by atoms with Crippen molar-refractivity contribution < 1.29 is 5.11 Å². The monoisotopic (exact) mass is 248 g/mol. The van der Waals surface area contributed by atoms with Gasteiger partial charge in [-0.05, 0) is 12.1 Å². The Labute approximate surface area is 103 Å². The van der Waals surface area contributed by atoms with Crippen LogP contribution in [-0.2, 0) is 0 Å². The Bertz CT molecular complexity index is 148. The summed E-state index contributed by atoms with van der Waals surface area (Å²) in [7, 11) is 0. The molecule has 0 saturated carbocycles. The van der Waals surface area contributed by atoms with Crippen LogP contribution >= 0.6 is 19.0 Å². The predicted octanol–water partition coefficient (Wildman–Crippen LogP) is 2.28. The van der Waals surface area contributed by atoms with E-state index in [1.807, 2.05) is 6.07 Å². The normalized spacial score (nSPS) is 6.70. The molecule has 0 fully saturated rings. The summed E-state index contributed by atoms with van der Waals surface area (Å²) in [5, 5.41) is 8.63. The average Bonchev–Trinajstić information content (AvgIpc) is 1.94. The molecule has 1 rings (SSSR count). The van der Waals surface area contributed by atoms with Gasteiger partial charge < -0.3 is 5.11 Å². The van der Waals surface area contributed by atoms with Gasteiger partial charge in [0.25, 0.3) is 0 Å². The molecule has 0 aliphatic carbocycles. The summed E-state index contributed by atoms with van der Waals surface area (Å²) < 4.78 is 0. The van der Waals surface area contributed by atoms with E-state index in [0.29, 0.717) is 5.75 Å². The Morgan fingerprint density at radius 1 is 1.10 bits per heavy atom. The summed E-state index contributed by atoms with van der Waals surface area (Å²) >= 11 is 0.875. The van der Waals surface area contributed by atoms with Crippen molar-refractivity contribution in [2.75, 3.05) is 0 Å². The van der Waals surface area contributed by atoms with Crippen molar-refractivity contribution >= 4 is 64.4 Å². The minimum absolute atomic E-state index is 0. The number of para-hydroxylation sites is 1. The van der Waals surface area contributed by atoms with E-state index < -0.39 is 0 Å². The molecule has 0 aromatic heterocycles. The quantitative estimate of drug-likeness (QED) is 0.700. The number of aromatic hydroxyl groups is 1. The fourth-order valence-electron chi connectivity index (χ4n) is 0.428. The molecule has 52 valence electrons. The summed E-state index contributed by atoms with van der Waals surface area (Å²) in [6.07, 6.45) is 0. The van der Waals surface area contributed by atoms with E-state index in [0.717, 1.165) is 45.4 Å². The van der Waals surface area contributed by atoms with Crippen LogP contribution in [0.4, 0.5) is 0 Å². The van der Waals surface area contributed by atoms with Crippen molar-refractivity contribution in [2.24, 2.45) is 0 Å². The van der Waals surface area contributed by atoms with Crippen LogP contribution < -0.4 is 0 Å². The summed E-state index contributed by atoms with van der Waals surface area (Å²) in [6, 6.07) is 8.71. The minimum atomic E-state index is 0. The summed E-state index contributed by atoms with van der Waals surface area (Å²) in [4.78, 5) is 0. The van der Waals surface area contributed by atoms with E-state index in [-0.39, 0.29) is 12.4 Å². The summed E-state index contributed by atoms with van der Waals surface area (Å²) in [5.41, 5.74) is 0. The van der Waals surface area contributed by atoms with Gasteiger partial charge in [0.2, 0.25) is 0 Å². The van der Waals surface area contributed by atoms with E-state index >= 15 is 0 Å². The Morgan fingerprint density at radius 3 is 1.70 bits per heavy atom. The molecule has 0 amide bonds. The van der Waals surface area contributed by atoms with Gasteiger partial charge in [0.15, 0.2) is 0 Å². The van der Waals surface area contributed by atoms with Crippen molar-refractivity contribution in [3.63, 3.8) is 0 Å². The standard InChI is InChI=1S/C6H6O.BrH.ClH.K/c7-6-4-2-1-3-5-6;;;/h1-5,7H;2*1H;/q;;;+1/p-1. The van der Waals surface area contributed by atoms with E-state index in [4.69, 9.17) is 5.11 Å². The Kier molecular flexibility index (Phi) is 14.6. The van der Waals surface area contributed by atoms with Gasteiger partial charge >= 0.3 is 52.0 Å². The van der Waals surface area contributed by atoms with Crippen LogP contribution in [-0.4, -0.2) is 50.5 Å². The summed E-state index contributed by atoms with van der Waals surface area (Å²) in [6.45, 7) is 3.12. The van der Waals surface area contributed by atoms with Crippen molar-refractivity contribution in [2.45, 2.75) is 0 Å². The van der Waals surface area contributed by atoms with Crippen LogP contribution in [0, 0.1) is 0 Å². The molecule has 0 aliphatic heterocycles. The number of phenols is 1. The molecular formula is C6H7BrClKO. The van der Waals surface area contributed by atoms with Gasteiger partial charge in [-0.25, -0.2) is 0 Å². The van der Waals surface area contributed by atoms with Crippen LogP contribution in [0.1, 0.15) is 0 Å². The van der Waals surface area contributed by atoms with Crippen molar-refractivity contribution in [3.8, 4) is 5.75 Å². The average molecular weight is 250 g/mol. The number of hydrogen-bond donors (Lipinski definition) is 1. The van der Waals surface area contributed by atoms with Crippen LogP contribution in [0.5, 0.6) is 5.75 Å². The second kappa shape index (κ2) is 10.4. The molecule has 4 heteroatoms. The number of rotatable bonds is 0. The first-order valence-electron chi connectivity index (χ1n) is 2.51. The maximum absolute atomic E-state index is 8.63. The number of halogens is 2. The van der Waals surface area contributed by atoms with E-state index in [9.17, 15) is 0 Å². The Hall–Kier alpha value is 1.43. The van der Waals surface area contributed by atoms with E-state index in [2.05, 4.69) is 6.60 Å². The second-order valence-corrected chi connectivity index (χ2v) is 1.34. The zero-order valence-corrected chi connectivity index (χ0v) is 11.1. The van der Waals surface area contributed by atoms with Gasteiger partial charge in [-0.15, -0.1) is 12.4 Å². The Balaban J connectivity index is 0. The first-order chi connectivity index (χ1) is 4.39. The maximum atomic E-state index is 8.63. The molecule has 10 heavy (non-hydrogen) atoms. The molecule has 1 aromatic rings. The molecule has 0 aliphatic rings. The molecular weight excluding hydrogens is 243 g/mol. The topological polar surface area (TPSA) is 20.2 Å². The SMILES string of the molecule is Cl.Oc1ccccc1.[K][Br]. The predicted molar refractivity (Wildman–Crippen MR) is 50.0 cm³/mol. The van der Waals surface area contributed by atoms with Crippen LogP contribution in [0.3, 0.4) is 0 Å². The third-order valence-corrected chi connectivity index (χ3v) is 0.756. The number of benzene rings is 1. The van der Waals surface area contributed by atoms with E-state index in [1.54, 1.807) is 24.3 Å². The van der Waals surface area contributed by atoms with E-state index in [1.165, 1.54) is 0 Å². The van der Waals surface area contributed by atoms with Crippen LogP contribution in [0.2, 0.25) is 0 Å². The molecule has 0 heterocycles. The summed E-state index contributed by atoms with van der Waals surface area (Å²) in [5.74, 6) is 0.322. The molecule has 0 radical (unpaired) electrons. The third-order valence-electron chi connectivity index (χ3n) is 0.756. The van der Waals surface area contributed by atoms with Gasteiger partial charge in [0.05, 0.1) is 0 Å². The molecule has 0 bridgehead atoms. The fraction of sp³-hybridized carbons (Fsp3) is 0. The molecule has 1 aromatic carbocycles. The van der Waals surface area contributed by atoms with Crippen molar-refractivity contribution in [1.29, 1.82) is 0 Å². The molecule has 0 atom stereocenters. The number of phenolic OH excluding ortho intramolecular Hbond substituents is 1. The molecule has 1 nitrogen and oxygen atoms in total. The second-order valence-electron chi connectivity index (χ2n) is 1.34. The van der Waals surface area contributed by atoms with Gasteiger partial charge in [0.1, 0.15) is 5.75 Å². The van der Waals surface area contributed by atoms with Gasteiger partial charge in [-0.3, -0.25) is 0 Å². The number of hydrogen-bond acceptors (Lipinski definition) is 1. The zero-order valence-electron chi connectivity index (χ0n) is 5.62. The van der Waals surface area contributed by atoms with Gasteiger partial charge in [0, 0.05) is 0 Å². The zero-order chi connectivity index (χ0) is 7.11. The third kappa shape index (κ3) is 7.53. The molecule has 1 N–H and O–H groups in total. The van der Waals surface area contributed by atoms with Crippen molar-refractivity contribution in [3.05, 3.63) is 30.3 Å².